The highest BCUT2D eigenvalue weighted by Crippen LogP contribution is 2.27. The molecule has 2 aromatic carbocycles. The molecule has 110 valence electrons. The number of aromatic nitrogens is 4. The first-order chi connectivity index (χ1) is 10.6. The van der Waals surface area contributed by atoms with Crippen molar-refractivity contribution in [2.45, 2.75) is 26.8 Å². The Bertz CT molecular complexity index is 981. The van der Waals surface area contributed by atoms with Crippen LogP contribution in [0.25, 0.3) is 33.6 Å². The summed E-state index contributed by atoms with van der Waals surface area (Å²) in [5, 5.41) is 8.44. The van der Waals surface area contributed by atoms with Gasteiger partial charge >= 0.3 is 0 Å². The molecule has 0 N–H and O–H groups in total. The van der Waals surface area contributed by atoms with Crippen molar-refractivity contribution in [3.63, 3.8) is 0 Å². The fourth-order valence-corrected chi connectivity index (χ4v) is 2.62. The summed E-state index contributed by atoms with van der Waals surface area (Å²) in [5.41, 5.74) is 5.63. The summed E-state index contributed by atoms with van der Waals surface area (Å²) >= 11 is 0. The van der Waals surface area contributed by atoms with Crippen molar-refractivity contribution in [2.24, 2.45) is 0 Å². The number of nitrogens with zero attached hydrogens (tertiary/aromatic N) is 4. The van der Waals surface area contributed by atoms with Gasteiger partial charge < -0.3 is 4.42 Å². The van der Waals surface area contributed by atoms with Gasteiger partial charge in [-0.25, -0.2) is 9.67 Å². The van der Waals surface area contributed by atoms with Gasteiger partial charge in [0.05, 0.1) is 5.52 Å². The topological polar surface area (TPSA) is 56.7 Å². The summed E-state index contributed by atoms with van der Waals surface area (Å²) in [6.45, 7) is 6.22. The van der Waals surface area contributed by atoms with E-state index in [9.17, 15) is 0 Å². The Labute approximate surface area is 127 Å². The summed E-state index contributed by atoms with van der Waals surface area (Å²) in [6.07, 6.45) is 0. The van der Waals surface area contributed by atoms with Gasteiger partial charge in [-0.15, -0.1) is 5.10 Å². The first-order valence-electron chi connectivity index (χ1n) is 7.34. The average molecular weight is 292 g/mol. The van der Waals surface area contributed by atoms with Crippen molar-refractivity contribution < 1.29 is 4.42 Å². The molecule has 0 bridgehead atoms. The number of aryl methyl sites for hydroxylation is 1. The summed E-state index contributed by atoms with van der Waals surface area (Å²) in [6, 6.07) is 12.3. The molecule has 0 saturated heterocycles. The van der Waals surface area contributed by atoms with Gasteiger partial charge in [0.25, 0.3) is 0 Å². The molecule has 0 aliphatic rings. The fraction of sp³-hybridized carbons (Fsp3) is 0.235. The number of benzene rings is 2. The van der Waals surface area contributed by atoms with Crippen molar-refractivity contribution in [2.75, 3.05) is 0 Å². The number of hydrogen-bond donors (Lipinski definition) is 0. The highest BCUT2D eigenvalue weighted by Gasteiger charge is 2.12. The van der Waals surface area contributed by atoms with Gasteiger partial charge in [-0.05, 0) is 56.7 Å². The number of rotatable bonds is 2. The summed E-state index contributed by atoms with van der Waals surface area (Å²) in [5.74, 6) is 0.613. The summed E-state index contributed by atoms with van der Waals surface area (Å²) < 4.78 is 7.76. The van der Waals surface area contributed by atoms with E-state index in [0.29, 0.717) is 5.89 Å². The van der Waals surface area contributed by atoms with E-state index in [4.69, 9.17) is 4.42 Å². The minimum atomic E-state index is 0.281. The second-order valence-electron chi connectivity index (χ2n) is 5.82. The van der Waals surface area contributed by atoms with Crippen molar-refractivity contribution >= 4 is 22.1 Å². The SMILES string of the molecule is Cc1ccc2oc(-c3ccc4c(c3)nnn4C(C)C)nc2c1. The number of oxazole rings is 1. The van der Waals surface area contributed by atoms with E-state index in [1.165, 1.54) is 5.56 Å². The Morgan fingerprint density at radius 2 is 1.91 bits per heavy atom. The average Bonchev–Trinajstić information content (AvgIpc) is 3.09. The lowest BCUT2D eigenvalue weighted by atomic mass is 10.2. The highest BCUT2D eigenvalue weighted by atomic mass is 16.3. The van der Waals surface area contributed by atoms with Gasteiger partial charge in [0, 0.05) is 11.6 Å². The van der Waals surface area contributed by atoms with Crippen LogP contribution < -0.4 is 0 Å². The third-order valence-corrected chi connectivity index (χ3v) is 3.75. The minimum absolute atomic E-state index is 0.281. The molecule has 0 amide bonds. The number of hydrogen-bond acceptors (Lipinski definition) is 4. The zero-order valence-electron chi connectivity index (χ0n) is 12.7. The first-order valence-corrected chi connectivity index (χ1v) is 7.34. The van der Waals surface area contributed by atoms with Gasteiger partial charge in [-0.1, -0.05) is 11.3 Å². The summed E-state index contributed by atoms with van der Waals surface area (Å²) in [4.78, 5) is 4.57. The lowest BCUT2D eigenvalue weighted by Crippen LogP contribution is -2.02. The molecule has 4 aromatic rings. The van der Waals surface area contributed by atoms with Crippen molar-refractivity contribution in [1.82, 2.24) is 20.0 Å². The molecule has 0 aliphatic carbocycles. The van der Waals surface area contributed by atoms with E-state index in [2.05, 4.69) is 29.1 Å². The highest BCUT2D eigenvalue weighted by molar-refractivity contribution is 5.82. The maximum absolute atomic E-state index is 5.85. The largest absolute Gasteiger partial charge is 0.436 e. The first kappa shape index (κ1) is 13.0. The lowest BCUT2D eigenvalue weighted by Gasteiger charge is -2.04. The van der Waals surface area contributed by atoms with Crippen LogP contribution in [0.5, 0.6) is 0 Å². The van der Waals surface area contributed by atoms with Gasteiger partial charge in [-0.3, -0.25) is 0 Å². The molecule has 5 heteroatoms. The zero-order valence-corrected chi connectivity index (χ0v) is 12.7. The van der Waals surface area contributed by atoms with Crippen molar-refractivity contribution in [1.29, 1.82) is 0 Å². The second-order valence-corrected chi connectivity index (χ2v) is 5.82. The molecule has 0 atom stereocenters. The molecule has 0 spiro atoms. The van der Waals surface area contributed by atoms with E-state index in [1.807, 2.05) is 48.0 Å². The molecule has 0 radical (unpaired) electrons. The smallest absolute Gasteiger partial charge is 0.227 e. The van der Waals surface area contributed by atoms with Gasteiger partial charge in [0.1, 0.15) is 11.0 Å². The van der Waals surface area contributed by atoms with Gasteiger partial charge in [-0.2, -0.15) is 0 Å². The third kappa shape index (κ3) is 1.97. The predicted octanol–water partition coefficient (Wildman–Crippen LogP) is 4.13. The van der Waals surface area contributed by atoms with E-state index < -0.39 is 0 Å². The molecule has 2 heterocycles. The lowest BCUT2D eigenvalue weighted by molar-refractivity contribution is 0.530. The molecule has 5 nitrogen and oxygen atoms in total. The molecule has 4 rings (SSSR count). The van der Waals surface area contributed by atoms with Crippen LogP contribution in [0.3, 0.4) is 0 Å². The minimum Gasteiger partial charge on any atom is -0.436 e. The van der Waals surface area contributed by atoms with Gasteiger partial charge in [0.15, 0.2) is 5.58 Å². The second kappa shape index (κ2) is 4.66. The van der Waals surface area contributed by atoms with Crippen LogP contribution in [0.4, 0.5) is 0 Å². The van der Waals surface area contributed by atoms with Crippen LogP contribution in [0.2, 0.25) is 0 Å². The molecule has 0 unspecified atom stereocenters. The quantitative estimate of drug-likeness (QED) is 0.557. The fourth-order valence-electron chi connectivity index (χ4n) is 2.62. The van der Waals surface area contributed by atoms with Crippen LogP contribution in [0.15, 0.2) is 40.8 Å². The van der Waals surface area contributed by atoms with Crippen LogP contribution in [0.1, 0.15) is 25.5 Å². The maximum atomic E-state index is 5.85. The van der Waals surface area contributed by atoms with Crippen molar-refractivity contribution in [3.8, 4) is 11.5 Å². The Morgan fingerprint density at radius 3 is 2.73 bits per heavy atom. The van der Waals surface area contributed by atoms with E-state index in [-0.39, 0.29) is 6.04 Å². The Morgan fingerprint density at radius 1 is 1.05 bits per heavy atom. The van der Waals surface area contributed by atoms with E-state index in [0.717, 1.165) is 27.7 Å². The predicted molar refractivity (Wildman–Crippen MR) is 85.7 cm³/mol. The van der Waals surface area contributed by atoms with Crippen LogP contribution in [0, 0.1) is 6.92 Å². The van der Waals surface area contributed by atoms with E-state index >= 15 is 0 Å². The monoisotopic (exact) mass is 292 g/mol. The third-order valence-electron chi connectivity index (χ3n) is 3.75. The van der Waals surface area contributed by atoms with Crippen molar-refractivity contribution in [3.05, 3.63) is 42.0 Å². The maximum Gasteiger partial charge on any atom is 0.227 e. The van der Waals surface area contributed by atoms with E-state index in [1.54, 1.807) is 0 Å². The number of fused-ring (bicyclic) bond motifs is 2. The summed E-state index contributed by atoms with van der Waals surface area (Å²) in [7, 11) is 0. The molecule has 0 saturated carbocycles. The normalized spacial score (nSPS) is 11.8. The van der Waals surface area contributed by atoms with Crippen LogP contribution in [-0.4, -0.2) is 20.0 Å². The van der Waals surface area contributed by atoms with Crippen LogP contribution in [-0.2, 0) is 0 Å². The van der Waals surface area contributed by atoms with Crippen LogP contribution >= 0.6 is 0 Å². The molecular weight excluding hydrogens is 276 g/mol. The molecule has 22 heavy (non-hydrogen) atoms. The standard InChI is InChI=1S/C17H16N4O/c1-10(2)21-15-6-5-12(9-13(15)19-20-21)17-18-14-8-11(3)4-7-16(14)22-17/h4-10H,1-3H3. The molecule has 0 aliphatic heterocycles. The Kier molecular flexibility index (Phi) is 2.76. The molecule has 0 fully saturated rings. The molecule has 2 aromatic heterocycles. The molecular formula is C17H16N4O. The van der Waals surface area contributed by atoms with Gasteiger partial charge in [0.2, 0.25) is 5.89 Å². The zero-order chi connectivity index (χ0) is 15.3. The Balaban J connectivity index is 1.85. The Hall–Kier alpha value is -2.69.